The molecule has 2 amide bonds. The average Bonchev–Trinajstić information content (AvgIpc) is 3.46. The molecule has 3 N–H and O–H groups in total. The van der Waals surface area contributed by atoms with Crippen molar-refractivity contribution in [1.29, 1.82) is 0 Å². The summed E-state index contributed by atoms with van der Waals surface area (Å²) < 4.78 is 15.8. The molecule has 3 aromatic rings. The number of amides is 2. The Labute approximate surface area is 201 Å². The number of alkyl carbamates (subject to hydrolysis) is 1. The number of carbonyl (C=O) groups excluding carboxylic acids is 2. The molecule has 0 radical (unpaired) electrons. The summed E-state index contributed by atoms with van der Waals surface area (Å²) in [5, 5.41) is 14.0. The summed E-state index contributed by atoms with van der Waals surface area (Å²) in [5.41, 5.74) is 4.46. The molecule has 2 aromatic carbocycles. The van der Waals surface area contributed by atoms with Crippen LogP contribution in [0.3, 0.4) is 0 Å². The topological polar surface area (TPSA) is 140 Å². The minimum Gasteiger partial charge on any atom is -0.481 e. The van der Waals surface area contributed by atoms with Gasteiger partial charge >= 0.3 is 12.1 Å². The van der Waals surface area contributed by atoms with E-state index >= 15 is 0 Å². The number of benzene rings is 2. The van der Waals surface area contributed by atoms with Crippen LogP contribution in [0.5, 0.6) is 0 Å². The van der Waals surface area contributed by atoms with Crippen molar-refractivity contribution in [3.05, 3.63) is 77.5 Å². The average molecular weight is 479 g/mol. The Morgan fingerprint density at radius 1 is 1.06 bits per heavy atom. The van der Waals surface area contributed by atoms with E-state index in [1.165, 1.54) is 7.11 Å². The lowest BCUT2D eigenvalue weighted by Gasteiger charge is -2.14. The number of hydrogen-bond acceptors (Lipinski definition) is 7. The lowest BCUT2D eigenvalue weighted by molar-refractivity contribution is -0.139. The van der Waals surface area contributed by atoms with Crippen molar-refractivity contribution in [1.82, 2.24) is 15.6 Å². The molecule has 4 rings (SSSR count). The normalized spacial score (nSPS) is 12.9. The molecular weight excluding hydrogens is 454 g/mol. The first kappa shape index (κ1) is 24.0. The summed E-state index contributed by atoms with van der Waals surface area (Å²) in [7, 11) is 1.36. The zero-order valence-electron chi connectivity index (χ0n) is 19.0. The van der Waals surface area contributed by atoms with Crippen molar-refractivity contribution in [3.63, 3.8) is 0 Å². The Bertz CT molecular complexity index is 1180. The van der Waals surface area contributed by atoms with Crippen LogP contribution in [-0.2, 0) is 20.8 Å². The number of nitrogens with one attached hydrogen (secondary N) is 2. The smallest absolute Gasteiger partial charge is 0.407 e. The van der Waals surface area contributed by atoms with E-state index in [0.717, 1.165) is 28.6 Å². The van der Waals surface area contributed by atoms with Gasteiger partial charge in [0.1, 0.15) is 6.61 Å². The first-order chi connectivity index (χ1) is 17.0. The number of nitrogens with zero attached hydrogens (tertiary/aromatic N) is 1. The minimum atomic E-state index is -1.04. The Kier molecular flexibility index (Phi) is 7.41. The molecule has 1 aromatic heterocycles. The molecule has 0 spiro atoms. The molecule has 1 heterocycles. The molecule has 182 valence electrons. The lowest BCUT2D eigenvalue weighted by Crippen LogP contribution is -2.35. The van der Waals surface area contributed by atoms with Crippen molar-refractivity contribution >= 4 is 18.0 Å². The van der Waals surface area contributed by atoms with Crippen LogP contribution in [0.1, 0.15) is 39.7 Å². The Morgan fingerprint density at radius 2 is 1.71 bits per heavy atom. The second-order valence-electron chi connectivity index (χ2n) is 7.97. The maximum atomic E-state index is 12.4. The number of ether oxygens (including phenoxy) is 2. The number of carboxylic acid groups (broad SMARTS) is 1. The first-order valence-corrected chi connectivity index (χ1v) is 11.0. The molecule has 0 aliphatic heterocycles. The van der Waals surface area contributed by atoms with Crippen LogP contribution < -0.4 is 10.6 Å². The van der Waals surface area contributed by atoms with Crippen LogP contribution in [0.25, 0.3) is 11.1 Å². The van der Waals surface area contributed by atoms with Crippen molar-refractivity contribution in [2.75, 3.05) is 20.3 Å². The zero-order valence-corrected chi connectivity index (χ0v) is 19.0. The monoisotopic (exact) mass is 479 g/mol. The Morgan fingerprint density at radius 3 is 2.34 bits per heavy atom. The fraction of sp³-hybridized carbons (Fsp3) is 0.280. The predicted octanol–water partition coefficient (Wildman–Crippen LogP) is 2.93. The third-order valence-electron chi connectivity index (χ3n) is 5.82. The quantitative estimate of drug-likeness (QED) is 0.403. The molecule has 1 aliphatic carbocycles. The van der Waals surface area contributed by atoms with Gasteiger partial charge in [0, 0.05) is 19.6 Å². The molecule has 0 fully saturated rings. The van der Waals surface area contributed by atoms with E-state index < -0.39 is 24.1 Å². The second-order valence-corrected chi connectivity index (χ2v) is 7.97. The summed E-state index contributed by atoms with van der Waals surface area (Å²) in [6, 6.07) is 16.1. The van der Waals surface area contributed by atoms with Crippen LogP contribution in [0, 0.1) is 0 Å². The first-order valence-electron chi connectivity index (χ1n) is 11.0. The SMILES string of the molecule is COC(CNC(=O)c1ncoc1CNC(=O)OCC1c2ccccc2-c2ccccc21)CC(=O)O. The summed E-state index contributed by atoms with van der Waals surface area (Å²) in [6.45, 7) is 0.0294. The number of carboxylic acids is 1. The number of fused-ring (bicyclic) bond motifs is 3. The van der Waals surface area contributed by atoms with Crippen molar-refractivity contribution in [2.45, 2.75) is 25.0 Å². The van der Waals surface area contributed by atoms with Gasteiger partial charge in [0.15, 0.2) is 17.8 Å². The molecule has 10 heteroatoms. The van der Waals surface area contributed by atoms with E-state index in [-0.39, 0.29) is 43.5 Å². The lowest BCUT2D eigenvalue weighted by atomic mass is 9.98. The van der Waals surface area contributed by atoms with E-state index in [1.807, 2.05) is 36.4 Å². The van der Waals surface area contributed by atoms with Gasteiger partial charge < -0.3 is 29.6 Å². The van der Waals surface area contributed by atoms with Gasteiger partial charge in [-0.3, -0.25) is 9.59 Å². The van der Waals surface area contributed by atoms with E-state index in [0.29, 0.717) is 0 Å². The van der Waals surface area contributed by atoms with Gasteiger partial charge in [0.05, 0.1) is 19.1 Å². The highest BCUT2D eigenvalue weighted by Gasteiger charge is 2.29. The number of hydrogen-bond donors (Lipinski definition) is 3. The van der Waals surface area contributed by atoms with Crippen LogP contribution in [-0.4, -0.2) is 54.4 Å². The largest absolute Gasteiger partial charge is 0.481 e. The highest BCUT2D eigenvalue weighted by molar-refractivity contribution is 5.93. The van der Waals surface area contributed by atoms with Gasteiger partial charge in [0.25, 0.3) is 5.91 Å². The van der Waals surface area contributed by atoms with Gasteiger partial charge in [-0.05, 0) is 22.3 Å². The standard InChI is InChI=1S/C25H25N3O7/c1-33-15(10-22(29)30)11-26-24(31)23-21(35-14-28-23)12-27-25(32)34-13-20-18-8-4-2-6-16(18)17-7-3-5-9-19(17)20/h2-9,14-15,20H,10-13H2,1H3,(H,26,31)(H,27,32)(H,29,30). The van der Waals surface area contributed by atoms with Crippen LogP contribution >= 0.6 is 0 Å². The van der Waals surface area contributed by atoms with E-state index in [1.54, 1.807) is 0 Å². The third-order valence-corrected chi connectivity index (χ3v) is 5.82. The second kappa shape index (κ2) is 10.8. The number of rotatable bonds is 10. The molecule has 1 aliphatic rings. The maximum absolute atomic E-state index is 12.4. The summed E-state index contributed by atoms with van der Waals surface area (Å²) >= 11 is 0. The maximum Gasteiger partial charge on any atom is 0.407 e. The molecular formula is C25H25N3O7. The number of aliphatic carboxylic acids is 1. The van der Waals surface area contributed by atoms with Crippen LogP contribution in [0.4, 0.5) is 4.79 Å². The number of methoxy groups -OCH3 is 1. The molecule has 0 bridgehead atoms. The Balaban J connectivity index is 1.31. The molecule has 1 atom stereocenters. The van der Waals surface area contributed by atoms with E-state index in [9.17, 15) is 14.4 Å². The van der Waals surface area contributed by atoms with Crippen LogP contribution in [0.2, 0.25) is 0 Å². The molecule has 35 heavy (non-hydrogen) atoms. The van der Waals surface area contributed by atoms with E-state index in [4.69, 9.17) is 19.0 Å². The fourth-order valence-electron chi connectivity index (χ4n) is 4.11. The van der Waals surface area contributed by atoms with Gasteiger partial charge in [-0.1, -0.05) is 48.5 Å². The highest BCUT2D eigenvalue weighted by Crippen LogP contribution is 2.44. The molecule has 1 unspecified atom stereocenters. The number of aromatic nitrogens is 1. The van der Waals surface area contributed by atoms with E-state index in [2.05, 4.69) is 27.8 Å². The highest BCUT2D eigenvalue weighted by atomic mass is 16.5. The number of oxazole rings is 1. The van der Waals surface area contributed by atoms with Gasteiger partial charge in [-0.25, -0.2) is 9.78 Å². The van der Waals surface area contributed by atoms with Gasteiger partial charge in [-0.15, -0.1) is 0 Å². The van der Waals surface area contributed by atoms with Crippen molar-refractivity contribution in [3.8, 4) is 11.1 Å². The minimum absolute atomic E-state index is 0.0193. The molecule has 0 saturated carbocycles. The summed E-state index contributed by atoms with van der Waals surface area (Å²) in [4.78, 5) is 39.5. The predicted molar refractivity (Wildman–Crippen MR) is 124 cm³/mol. The third kappa shape index (κ3) is 5.49. The zero-order chi connectivity index (χ0) is 24.8. The fourth-order valence-corrected chi connectivity index (χ4v) is 4.11. The van der Waals surface area contributed by atoms with Crippen molar-refractivity contribution < 1.29 is 33.4 Å². The summed E-state index contributed by atoms with van der Waals surface area (Å²) in [5.74, 6) is -1.54. The van der Waals surface area contributed by atoms with Crippen molar-refractivity contribution in [2.24, 2.45) is 0 Å². The Hall–Kier alpha value is -4.18. The van der Waals surface area contributed by atoms with Gasteiger partial charge in [-0.2, -0.15) is 0 Å². The molecule has 10 nitrogen and oxygen atoms in total. The molecule has 0 saturated heterocycles. The van der Waals surface area contributed by atoms with Gasteiger partial charge in [0.2, 0.25) is 0 Å². The van der Waals surface area contributed by atoms with Crippen LogP contribution in [0.15, 0.2) is 59.3 Å². The summed E-state index contributed by atoms with van der Waals surface area (Å²) in [6.07, 6.45) is -0.512. The number of carbonyl (C=O) groups is 3.